The third-order valence-corrected chi connectivity index (χ3v) is 4.30. The minimum atomic E-state index is -0.516. The van der Waals surface area contributed by atoms with Crippen molar-refractivity contribution in [1.82, 2.24) is 9.47 Å². The van der Waals surface area contributed by atoms with Gasteiger partial charge in [0, 0.05) is 25.3 Å². The van der Waals surface area contributed by atoms with Crippen molar-refractivity contribution in [2.45, 2.75) is 51.9 Å². The van der Waals surface area contributed by atoms with Crippen LogP contribution < -0.4 is 5.56 Å². The van der Waals surface area contributed by atoms with Crippen molar-refractivity contribution in [2.24, 2.45) is 0 Å². The molecule has 0 N–H and O–H groups in total. The Balaban J connectivity index is 1.69. The molecule has 1 aromatic heterocycles. The number of rotatable bonds is 1. The van der Waals surface area contributed by atoms with Crippen LogP contribution in [0.25, 0.3) is 0 Å². The van der Waals surface area contributed by atoms with Crippen LogP contribution in [0.15, 0.2) is 17.1 Å². The predicted octanol–water partition coefficient (Wildman–Crippen LogP) is 2.09. The van der Waals surface area contributed by atoms with E-state index in [1.165, 1.54) is 0 Å². The summed E-state index contributed by atoms with van der Waals surface area (Å²) in [6, 6.07) is 1.66. The molecule has 0 spiro atoms. The fourth-order valence-corrected chi connectivity index (χ4v) is 3.08. The first kappa shape index (κ1) is 16.5. The van der Waals surface area contributed by atoms with Gasteiger partial charge < -0.3 is 18.9 Å². The third-order valence-electron chi connectivity index (χ3n) is 4.30. The Morgan fingerprint density at radius 2 is 1.92 bits per heavy atom. The molecule has 0 atom stereocenters. The Morgan fingerprint density at radius 3 is 2.54 bits per heavy atom. The van der Waals surface area contributed by atoms with Crippen molar-refractivity contribution in [1.29, 1.82) is 0 Å². The van der Waals surface area contributed by atoms with Crippen LogP contribution in [0.5, 0.6) is 0 Å². The number of carbonyl (C=O) groups excluding carboxylic acids is 2. The molecule has 130 valence electrons. The lowest BCUT2D eigenvalue weighted by molar-refractivity contribution is 0.0187. The van der Waals surface area contributed by atoms with E-state index in [0.717, 1.165) is 0 Å². The first-order valence-electron chi connectivity index (χ1n) is 8.15. The van der Waals surface area contributed by atoms with Crippen LogP contribution in [0.3, 0.4) is 0 Å². The van der Waals surface area contributed by atoms with E-state index in [2.05, 4.69) is 0 Å². The van der Waals surface area contributed by atoms with Gasteiger partial charge >= 0.3 is 12.1 Å². The van der Waals surface area contributed by atoms with Gasteiger partial charge in [-0.15, -0.1) is 0 Å². The second-order valence-electron chi connectivity index (χ2n) is 7.20. The number of cyclic esters (lactones) is 1. The van der Waals surface area contributed by atoms with Crippen LogP contribution in [0.1, 0.15) is 55.6 Å². The van der Waals surface area contributed by atoms with Crippen LogP contribution in [0.2, 0.25) is 0 Å². The van der Waals surface area contributed by atoms with Crippen LogP contribution in [-0.4, -0.2) is 40.2 Å². The SMILES string of the molecule is CC(C)(C)OC(=O)N1CCC(n2ccc3c(c2=O)COC3=O)CC1. The summed E-state index contributed by atoms with van der Waals surface area (Å²) in [4.78, 5) is 37.8. The number of nitrogens with zero attached hydrogens (tertiary/aromatic N) is 2. The van der Waals surface area contributed by atoms with Gasteiger partial charge in [-0.05, 0) is 39.7 Å². The minimum Gasteiger partial charge on any atom is -0.457 e. The maximum atomic E-state index is 12.5. The molecule has 2 aliphatic rings. The maximum absolute atomic E-state index is 12.5. The lowest BCUT2D eigenvalue weighted by Crippen LogP contribution is -2.43. The number of piperidine rings is 1. The van der Waals surface area contributed by atoms with Gasteiger partial charge in [-0.1, -0.05) is 0 Å². The number of likely N-dealkylation sites (tertiary alicyclic amines) is 1. The van der Waals surface area contributed by atoms with Crippen LogP contribution in [-0.2, 0) is 16.1 Å². The van der Waals surface area contributed by atoms with E-state index < -0.39 is 11.6 Å². The van der Waals surface area contributed by atoms with E-state index in [4.69, 9.17) is 9.47 Å². The zero-order chi connectivity index (χ0) is 17.5. The molecule has 24 heavy (non-hydrogen) atoms. The fourth-order valence-electron chi connectivity index (χ4n) is 3.08. The van der Waals surface area contributed by atoms with Gasteiger partial charge in [-0.2, -0.15) is 0 Å². The molecule has 2 aliphatic heterocycles. The normalized spacial score (nSPS) is 18.3. The molecule has 0 aromatic carbocycles. The number of pyridine rings is 1. The van der Waals surface area contributed by atoms with E-state index in [1.54, 1.807) is 21.7 Å². The first-order chi connectivity index (χ1) is 11.3. The minimum absolute atomic E-state index is 0.0113. The molecular weight excluding hydrogens is 312 g/mol. The van der Waals surface area contributed by atoms with Crippen molar-refractivity contribution >= 4 is 12.1 Å². The van der Waals surface area contributed by atoms with Crippen molar-refractivity contribution in [3.05, 3.63) is 33.7 Å². The molecule has 0 saturated carbocycles. The Kier molecular flexibility index (Phi) is 4.11. The lowest BCUT2D eigenvalue weighted by Gasteiger charge is -2.34. The zero-order valence-electron chi connectivity index (χ0n) is 14.2. The molecule has 1 saturated heterocycles. The topological polar surface area (TPSA) is 77.8 Å². The highest BCUT2D eigenvalue weighted by Crippen LogP contribution is 2.24. The van der Waals surface area contributed by atoms with Crippen LogP contribution in [0.4, 0.5) is 4.79 Å². The molecule has 0 bridgehead atoms. The molecule has 0 aliphatic carbocycles. The summed E-state index contributed by atoms with van der Waals surface area (Å²) in [6.45, 7) is 6.64. The van der Waals surface area contributed by atoms with E-state index in [0.29, 0.717) is 37.1 Å². The van der Waals surface area contributed by atoms with Gasteiger partial charge in [-0.25, -0.2) is 9.59 Å². The van der Waals surface area contributed by atoms with E-state index in [-0.39, 0.29) is 24.3 Å². The number of hydrogen-bond acceptors (Lipinski definition) is 5. The number of hydrogen-bond donors (Lipinski definition) is 0. The summed E-state index contributed by atoms with van der Waals surface area (Å²) in [7, 11) is 0. The van der Waals surface area contributed by atoms with Crippen molar-refractivity contribution < 1.29 is 19.1 Å². The Morgan fingerprint density at radius 1 is 1.25 bits per heavy atom. The lowest BCUT2D eigenvalue weighted by atomic mass is 10.0. The third kappa shape index (κ3) is 3.16. The Labute approximate surface area is 140 Å². The maximum Gasteiger partial charge on any atom is 0.410 e. The van der Waals surface area contributed by atoms with Crippen molar-refractivity contribution in [2.75, 3.05) is 13.1 Å². The monoisotopic (exact) mass is 334 g/mol. The standard InChI is InChI=1S/C17H22N2O5/c1-17(2,3)24-16(22)18-7-4-11(5-8-18)19-9-6-12-13(14(19)20)10-23-15(12)21/h6,9,11H,4-5,7-8,10H2,1-3H3. The summed E-state index contributed by atoms with van der Waals surface area (Å²) >= 11 is 0. The number of ether oxygens (including phenoxy) is 2. The summed E-state index contributed by atoms with van der Waals surface area (Å²) < 4.78 is 12.0. The number of fused-ring (bicyclic) bond motifs is 1. The second kappa shape index (κ2) is 5.96. The Bertz CT molecular complexity index is 723. The van der Waals surface area contributed by atoms with Crippen molar-refractivity contribution in [3.63, 3.8) is 0 Å². The largest absolute Gasteiger partial charge is 0.457 e. The highest BCUT2D eigenvalue weighted by Gasteiger charge is 2.30. The molecule has 3 rings (SSSR count). The van der Waals surface area contributed by atoms with E-state index in [9.17, 15) is 14.4 Å². The van der Waals surface area contributed by atoms with Gasteiger partial charge in [0.05, 0.1) is 11.1 Å². The average molecular weight is 334 g/mol. The molecule has 1 amide bonds. The molecule has 0 radical (unpaired) electrons. The summed E-state index contributed by atoms with van der Waals surface area (Å²) in [5.74, 6) is -0.436. The van der Waals surface area contributed by atoms with Crippen LogP contribution >= 0.6 is 0 Å². The summed E-state index contributed by atoms with van der Waals surface area (Å²) in [5, 5.41) is 0. The number of carbonyl (C=O) groups is 2. The Hall–Kier alpha value is -2.31. The van der Waals surface area contributed by atoms with E-state index in [1.807, 2.05) is 20.8 Å². The molecule has 1 aromatic rings. The molecule has 1 fully saturated rings. The van der Waals surface area contributed by atoms with Gasteiger partial charge in [0.15, 0.2) is 0 Å². The number of esters is 1. The first-order valence-corrected chi connectivity index (χ1v) is 8.15. The summed E-state index contributed by atoms with van der Waals surface area (Å²) in [5.41, 5.74) is 0.103. The zero-order valence-corrected chi connectivity index (χ0v) is 14.2. The molecule has 3 heterocycles. The fraction of sp³-hybridized carbons (Fsp3) is 0.588. The van der Waals surface area contributed by atoms with Gasteiger partial charge in [0.25, 0.3) is 5.56 Å². The quantitative estimate of drug-likeness (QED) is 0.735. The number of amides is 1. The van der Waals surface area contributed by atoms with Gasteiger partial charge in [0.1, 0.15) is 12.2 Å². The molecular formula is C17H22N2O5. The second-order valence-corrected chi connectivity index (χ2v) is 7.20. The smallest absolute Gasteiger partial charge is 0.410 e. The van der Waals surface area contributed by atoms with Crippen LogP contribution in [0, 0.1) is 0 Å². The summed E-state index contributed by atoms with van der Waals surface area (Å²) in [6.07, 6.45) is 2.68. The molecule has 7 nitrogen and oxygen atoms in total. The van der Waals surface area contributed by atoms with Gasteiger partial charge in [-0.3, -0.25) is 4.79 Å². The average Bonchev–Trinajstić information content (AvgIpc) is 2.89. The molecule has 7 heteroatoms. The predicted molar refractivity (Wildman–Crippen MR) is 85.9 cm³/mol. The molecule has 0 unspecified atom stereocenters. The highest BCUT2D eigenvalue weighted by molar-refractivity contribution is 5.92. The van der Waals surface area contributed by atoms with Gasteiger partial charge in [0.2, 0.25) is 0 Å². The van der Waals surface area contributed by atoms with E-state index >= 15 is 0 Å². The highest BCUT2D eigenvalue weighted by atomic mass is 16.6. The van der Waals surface area contributed by atoms with Crippen molar-refractivity contribution in [3.8, 4) is 0 Å². The number of aromatic nitrogens is 1.